The average molecular weight is 322 g/mol. The van der Waals surface area contributed by atoms with E-state index in [2.05, 4.69) is 23.7 Å². The molecule has 5 nitrogen and oxygen atoms in total. The first kappa shape index (κ1) is 16.7. The van der Waals surface area contributed by atoms with E-state index in [1.54, 1.807) is 12.1 Å². The average Bonchev–Trinajstić information content (AvgIpc) is 2.79. The van der Waals surface area contributed by atoms with Crippen molar-refractivity contribution in [2.45, 2.75) is 44.9 Å². The summed E-state index contributed by atoms with van der Waals surface area (Å²) in [5, 5.41) is 3.86. The Hall–Kier alpha value is -1.66. The summed E-state index contributed by atoms with van der Waals surface area (Å²) in [6.45, 7) is 8.15. The fraction of sp³-hybridized carbons (Fsp3) is 0.438. The van der Waals surface area contributed by atoms with Gasteiger partial charge in [0.25, 0.3) is 0 Å². The second-order valence-electron chi connectivity index (χ2n) is 5.67. The number of nitrogens with zero attached hydrogens (tertiary/aromatic N) is 1. The quantitative estimate of drug-likeness (QED) is 0.887. The van der Waals surface area contributed by atoms with E-state index in [0.717, 1.165) is 22.6 Å². The lowest BCUT2D eigenvalue weighted by atomic mass is 10.0. The maximum absolute atomic E-state index is 12.3. The maximum atomic E-state index is 12.3. The molecule has 0 bridgehead atoms. The van der Waals surface area contributed by atoms with Crippen LogP contribution in [0.3, 0.4) is 0 Å². The molecule has 6 heteroatoms. The highest BCUT2D eigenvalue weighted by atomic mass is 32.2. The van der Waals surface area contributed by atoms with Gasteiger partial charge in [-0.05, 0) is 43.9 Å². The maximum Gasteiger partial charge on any atom is 0.240 e. The van der Waals surface area contributed by atoms with Crippen molar-refractivity contribution in [1.82, 2.24) is 9.88 Å². The molecule has 0 saturated carbocycles. The summed E-state index contributed by atoms with van der Waals surface area (Å²) in [4.78, 5) is 0.288. The van der Waals surface area contributed by atoms with Gasteiger partial charge in [0.2, 0.25) is 10.0 Å². The van der Waals surface area contributed by atoms with E-state index in [0.29, 0.717) is 18.9 Å². The van der Waals surface area contributed by atoms with Crippen LogP contribution in [0.15, 0.2) is 33.7 Å². The number of nitrogens with one attached hydrogen (secondary N) is 1. The smallest absolute Gasteiger partial charge is 0.240 e. The molecule has 0 fully saturated rings. The monoisotopic (exact) mass is 322 g/mol. The van der Waals surface area contributed by atoms with Crippen LogP contribution in [0.4, 0.5) is 0 Å². The van der Waals surface area contributed by atoms with E-state index in [4.69, 9.17) is 4.52 Å². The van der Waals surface area contributed by atoms with Gasteiger partial charge in [-0.1, -0.05) is 31.1 Å². The molecule has 2 aromatic rings. The molecule has 0 aliphatic heterocycles. The van der Waals surface area contributed by atoms with Crippen molar-refractivity contribution in [2.24, 2.45) is 0 Å². The summed E-state index contributed by atoms with van der Waals surface area (Å²) in [6, 6.07) is 7.00. The van der Waals surface area contributed by atoms with Crippen molar-refractivity contribution in [2.75, 3.05) is 6.54 Å². The van der Waals surface area contributed by atoms with Gasteiger partial charge in [0.15, 0.2) is 0 Å². The molecular weight excluding hydrogens is 300 g/mol. The van der Waals surface area contributed by atoms with Gasteiger partial charge in [0, 0.05) is 12.1 Å². The topological polar surface area (TPSA) is 72.2 Å². The van der Waals surface area contributed by atoms with Gasteiger partial charge in [0.1, 0.15) is 5.76 Å². The van der Waals surface area contributed by atoms with Crippen molar-refractivity contribution in [3.63, 3.8) is 0 Å². The summed E-state index contributed by atoms with van der Waals surface area (Å²) in [5.74, 6) is 1.11. The van der Waals surface area contributed by atoms with Crippen LogP contribution in [-0.4, -0.2) is 20.1 Å². The number of aromatic nitrogens is 1. The largest absolute Gasteiger partial charge is 0.361 e. The highest BCUT2D eigenvalue weighted by Gasteiger charge is 2.15. The van der Waals surface area contributed by atoms with E-state index in [9.17, 15) is 8.42 Å². The summed E-state index contributed by atoms with van der Waals surface area (Å²) in [6.07, 6.45) is 0.560. The first-order valence-electron chi connectivity index (χ1n) is 7.32. The van der Waals surface area contributed by atoms with Gasteiger partial charge in [-0.25, -0.2) is 13.1 Å². The molecule has 0 spiro atoms. The molecule has 0 atom stereocenters. The molecule has 1 aromatic carbocycles. The van der Waals surface area contributed by atoms with Crippen LogP contribution >= 0.6 is 0 Å². The van der Waals surface area contributed by atoms with Crippen LogP contribution in [0.2, 0.25) is 0 Å². The highest BCUT2D eigenvalue weighted by Crippen LogP contribution is 2.17. The highest BCUT2D eigenvalue weighted by molar-refractivity contribution is 7.89. The van der Waals surface area contributed by atoms with Gasteiger partial charge >= 0.3 is 0 Å². The first-order chi connectivity index (χ1) is 10.3. The Morgan fingerprint density at radius 2 is 1.82 bits per heavy atom. The van der Waals surface area contributed by atoms with Crippen LogP contribution in [0.5, 0.6) is 0 Å². The molecule has 0 aliphatic rings. The molecule has 0 radical (unpaired) electrons. The molecule has 0 amide bonds. The second kappa shape index (κ2) is 6.62. The van der Waals surface area contributed by atoms with E-state index in [1.165, 1.54) is 0 Å². The van der Waals surface area contributed by atoms with Gasteiger partial charge in [-0.2, -0.15) is 0 Å². The molecule has 0 unspecified atom stereocenters. The third kappa shape index (κ3) is 3.75. The molecule has 2 rings (SSSR count). The van der Waals surface area contributed by atoms with E-state index < -0.39 is 10.0 Å². The van der Waals surface area contributed by atoms with Crippen molar-refractivity contribution in [1.29, 1.82) is 0 Å². The number of aryl methyl sites for hydroxylation is 2. The molecule has 1 N–H and O–H groups in total. The predicted octanol–water partition coefficient (Wildman–Crippen LogP) is 2.94. The zero-order chi connectivity index (χ0) is 16.3. The number of sulfonamides is 1. The molecule has 0 saturated heterocycles. The summed E-state index contributed by atoms with van der Waals surface area (Å²) < 4.78 is 32.2. The van der Waals surface area contributed by atoms with Crippen molar-refractivity contribution >= 4 is 10.0 Å². The Morgan fingerprint density at radius 3 is 2.32 bits per heavy atom. The molecule has 0 aliphatic carbocycles. The number of benzene rings is 1. The second-order valence-corrected chi connectivity index (χ2v) is 7.44. The minimum absolute atomic E-state index is 0.288. The van der Waals surface area contributed by atoms with Gasteiger partial charge < -0.3 is 4.52 Å². The van der Waals surface area contributed by atoms with Crippen LogP contribution in [0.1, 0.15) is 42.3 Å². The lowest BCUT2D eigenvalue weighted by molar-refractivity contribution is 0.392. The first-order valence-corrected chi connectivity index (χ1v) is 8.81. The van der Waals surface area contributed by atoms with Crippen LogP contribution < -0.4 is 4.72 Å². The lowest BCUT2D eigenvalue weighted by Crippen LogP contribution is -2.26. The molecule has 1 heterocycles. The van der Waals surface area contributed by atoms with Crippen molar-refractivity contribution < 1.29 is 12.9 Å². The normalized spacial score (nSPS) is 12.0. The molecule has 1 aromatic heterocycles. The number of rotatable bonds is 6. The van der Waals surface area contributed by atoms with E-state index >= 15 is 0 Å². The standard InChI is InChI=1S/C16H22N2O3S/c1-11(2)14-5-7-15(8-6-14)22(19,20)17-10-9-16-12(3)18-21-13(16)4/h5-8,11,17H,9-10H2,1-4H3. The zero-order valence-electron chi connectivity index (χ0n) is 13.4. The number of hydrogen-bond acceptors (Lipinski definition) is 4. The fourth-order valence-corrected chi connectivity index (χ4v) is 3.32. The Morgan fingerprint density at radius 1 is 1.18 bits per heavy atom. The van der Waals surface area contributed by atoms with E-state index in [1.807, 2.05) is 26.0 Å². The van der Waals surface area contributed by atoms with Gasteiger partial charge in [-0.15, -0.1) is 0 Å². The van der Waals surface area contributed by atoms with Crippen LogP contribution in [0.25, 0.3) is 0 Å². The summed E-state index contributed by atoms with van der Waals surface area (Å²) >= 11 is 0. The van der Waals surface area contributed by atoms with E-state index in [-0.39, 0.29) is 4.90 Å². The van der Waals surface area contributed by atoms with Crippen LogP contribution in [-0.2, 0) is 16.4 Å². The summed E-state index contributed by atoms with van der Waals surface area (Å²) in [5.41, 5.74) is 2.88. The Labute approximate surface area is 131 Å². The summed E-state index contributed by atoms with van der Waals surface area (Å²) in [7, 11) is -3.48. The molecular formula is C16H22N2O3S. The SMILES string of the molecule is Cc1noc(C)c1CCNS(=O)(=O)c1ccc(C(C)C)cc1. The Kier molecular flexibility index (Phi) is 5.03. The molecule has 22 heavy (non-hydrogen) atoms. The molecule has 120 valence electrons. The predicted molar refractivity (Wildman–Crippen MR) is 85.4 cm³/mol. The Balaban J connectivity index is 2.02. The number of hydrogen-bond donors (Lipinski definition) is 1. The zero-order valence-corrected chi connectivity index (χ0v) is 14.2. The van der Waals surface area contributed by atoms with Crippen LogP contribution in [0, 0.1) is 13.8 Å². The minimum Gasteiger partial charge on any atom is -0.361 e. The fourth-order valence-electron chi connectivity index (χ4n) is 2.28. The Bertz CT molecular complexity index is 712. The van der Waals surface area contributed by atoms with Crippen molar-refractivity contribution in [3.05, 3.63) is 46.8 Å². The third-order valence-corrected chi connectivity index (χ3v) is 5.18. The minimum atomic E-state index is -3.48. The lowest BCUT2D eigenvalue weighted by Gasteiger charge is -2.09. The van der Waals surface area contributed by atoms with Crippen molar-refractivity contribution in [3.8, 4) is 0 Å². The third-order valence-electron chi connectivity index (χ3n) is 3.71. The van der Waals surface area contributed by atoms with Gasteiger partial charge in [0.05, 0.1) is 10.6 Å². The van der Waals surface area contributed by atoms with Gasteiger partial charge in [-0.3, -0.25) is 0 Å².